The number of benzene rings is 2. The van der Waals surface area contributed by atoms with Crippen LogP contribution in [-0.4, -0.2) is 25.2 Å². The summed E-state index contributed by atoms with van der Waals surface area (Å²) in [5, 5.41) is 0. The highest BCUT2D eigenvalue weighted by Gasteiger charge is 2.29. The maximum Gasteiger partial charge on any atom is 0.322 e. The Morgan fingerprint density at radius 3 is 2.38 bits per heavy atom. The van der Waals surface area contributed by atoms with E-state index in [9.17, 15) is 13.6 Å². The first-order chi connectivity index (χ1) is 12.2. The van der Waals surface area contributed by atoms with Crippen molar-refractivity contribution in [1.82, 2.24) is 0 Å². The second-order valence-electron chi connectivity index (χ2n) is 6.30. The molecule has 4 nitrogen and oxygen atoms in total. The zero-order chi connectivity index (χ0) is 19.4. The van der Waals surface area contributed by atoms with E-state index in [0.29, 0.717) is 16.9 Å². The number of rotatable bonds is 6. The van der Waals surface area contributed by atoms with Gasteiger partial charge in [-0.25, -0.2) is 8.78 Å². The lowest BCUT2D eigenvalue weighted by Crippen LogP contribution is -2.34. The lowest BCUT2D eigenvalue weighted by Gasteiger charge is -2.27. The highest BCUT2D eigenvalue weighted by molar-refractivity contribution is 5.75. The SMILES string of the molecule is COc1cc(F)ccc1[C@@H](c1ccc(F)c(C)c1)[C@H](C)OC(=O)[C@H](C)N. The largest absolute Gasteiger partial charge is 0.496 e. The minimum Gasteiger partial charge on any atom is -0.496 e. The Labute approximate surface area is 151 Å². The summed E-state index contributed by atoms with van der Waals surface area (Å²) in [6, 6.07) is 8.02. The summed E-state index contributed by atoms with van der Waals surface area (Å²) in [5.41, 5.74) is 7.39. The number of hydrogen-bond acceptors (Lipinski definition) is 4. The number of carbonyl (C=O) groups excluding carboxylic acids is 1. The van der Waals surface area contributed by atoms with Gasteiger partial charge >= 0.3 is 5.97 Å². The fourth-order valence-corrected chi connectivity index (χ4v) is 2.87. The fraction of sp³-hybridized carbons (Fsp3) is 0.350. The summed E-state index contributed by atoms with van der Waals surface area (Å²) in [7, 11) is 1.43. The summed E-state index contributed by atoms with van der Waals surface area (Å²) >= 11 is 0. The zero-order valence-electron chi connectivity index (χ0n) is 15.3. The predicted octanol–water partition coefficient (Wildman–Crippen LogP) is 3.69. The van der Waals surface area contributed by atoms with Gasteiger partial charge in [-0.3, -0.25) is 4.79 Å². The molecule has 0 aliphatic rings. The summed E-state index contributed by atoms with van der Waals surface area (Å²) in [4.78, 5) is 12.0. The zero-order valence-corrected chi connectivity index (χ0v) is 15.3. The van der Waals surface area contributed by atoms with E-state index in [-0.39, 0.29) is 5.82 Å². The Bertz CT molecular complexity index is 793. The minimum absolute atomic E-state index is 0.320. The average Bonchev–Trinajstić information content (AvgIpc) is 2.59. The van der Waals surface area contributed by atoms with Crippen LogP contribution in [0, 0.1) is 18.6 Å². The number of halogens is 2. The van der Waals surface area contributed by atoms with Crippen LogP contribution in [0.3, 0.4) is 0 Å². The molecule has 0 unspecified atom stereocenters. The monoisotopic (exact) mass is 363 g/mol. The Hall–Kier alpha value is -2.47. The van der Waals surface area contributed by atoms with Crippen LogP contribution in [0.2, 0.25) is 0 Å². The first-order valence-electron chi connectivity index (χ1n) is 8.30. The van der Waals surface area contributed by atoms with E-state index in [1.54, 1.807) is 32.0 Å². The summed E-state index contributed by atoms with van der Waals surface area (Å²) in [5.74, 6) is -1.49. The molecule has 0 heterocycles. The number of hydrogen-bond donors (Lipinski definition) is 1. The average molecular weight is 363 g/mol. The first-order valence-corrected chi connectivity index (χ1v) is 8.30. The van der Waals surface area contributed by atoms with Crippen LogP contribution >= 0.6 is 0 Å². The molecule has 0 fully saturated rings. The molecule has 0 spiro atoms. The van der Waals surface area contributed by atoms with Crippen LogP contribution < -0.4 is 10.5 Å². The first kappa shape index (κ1) is 19.8. The molecule has 2 aromatic rings. The maximum absolute atomic E-state index is 13.7. The third-order valence-corrected chi connectivity index (χ3v) is 4.21. The van der Waals surface area contributed by atoms with Crippen molar-refractivity contribution in [2.24, 2.45) is 5.73 Å². The van der Waals surface area contributed by atoms with Gasteiger partial charge in [-0.1, -0.05) is 18.2 Å². The van der Waals surface area contributed by atoms with Crippen molar-refractivity contribution in [2.75, 3.05) is 7.11 Å². The Morgan fingerprint density at radius 2 is 1.81 bits per heavy atom. The molecule has 0 amide bonds. The van der Waals surface area contributed by atoms with Gasteiger partial charge in [-0.05, 0) is 44.0 Å². The molecule has 2 N–H and O–H groups in total. The molecule has 3 atom stereocenters. The van der Waals surface area contributed by atoms with Crippen molar-refractivity contribution in [2.45, 2.75) is 38.8 Å². The van der Waals surface area contributed by atoms with Crippen molar-refractivity contribution < 1.29 is 23.0 Å². The van der Waals surface area contributed by atoms with Crippen LogP contribution in [0.5, 0.6) is 5.75 Å². The van der Waals surface area contributed by atoms with Crippen LogP contribution in [0.1, 0.15) is 36.5 Å². The van der Waals surface area contributed by atoms with Crippen LogP contribution in [0.4, 0.5) is 8.78 Å². The van der Waals surface area contributed by atoms with Crippen LogP contribution in [0.25, 0.3) is 0 Å². The predicted molar refractivity (Wildman–Crippen MR) is 95.1 cm³/mol. The highest BCUT2D eigenvalue weighted by atomic mass is 19.1. The van der Waals surface area contributed by atoms with E-state index in [4.69, 9.17) is 15.2 Å². The van der Waals surface area contributed by atoms with Crippen LogP contribution in [-0.2, 0) is 9.53 Å². The summed E-state index contributed by atoms with van der Waals surface area (Å²) in [6.45, 7) is 4.90. The molecule has 0 aromatic heterocycles. The molecular formula is C20H23F2NO3. The van der Waals surface area contributed by atoms with Crippen molar-refractivity contribution >= 4 is 5.97 Å². The maximum atomic E-state index is 13.7. The molecule has 0 aliphatic heterocycles. The number of ether oxygens (including phenoxy) is 2. The molecule has 0 bridgehead atoms. The van der Waals surface area contributed by atoms with Gasteiger partial charge in [0.05, 0.1) is 7.11 Å². The fourth-order valence-electron chi connectivity index (χ4n) is 2.87. The summed E-state index contributed by atoms with van der Waals surface area (Å²) < 4.78 is 38.1. The van der Waals surface area contributed by atoms with Crippen molar-refractivity contribution in [3.8, 4) is 5.75 Å². The summed E-state index contributed by atoms with van der Waals surface area (Å²) in [6.07, 6.45) is -0.627. The molecule has 2 rings (SSSR count). The molecule has 26 heavy (non-hydrogen) atoms. The van der Waals surface area contributed by atoms with Gasteiger partial charge in [0.25, 0.3) is 0 Å². The van der Waals surface area contributed by atoms with Gasteiger partial charge in [0, 0.05) is 17.5 Å². The molecule has 140 valence electrons. The Balaban J connectivity index is 2.54. The quantitative estimate of drug-likeness (QED) is 0.795. The van der Waals surface area contributed by atoms with E-state index < -0.39 is 29.9 Å². The van der Waals surface area contributed by atoms with Crippen LogP contribution in [0.15, 0.2) is 36.4 Å². The van der Waals surface area contributed by atoms with E-state index >= 15 is 0 Å². The number of methoxy groups -OCH3 is 1. The molecule has 2 aromatic carbocycles. The molecule has 0 radical (unpaired) electrons. The second-order valence-corrected chi connectivity index (χ2v) is 6.30. The number of esters is 1. The Kier molecular flexibility index (Phi) is 6.32. The smallest absolute Gasteiger partial charge is 0.322 e. The van der Waals surface area contributed by atoms with Crippen molar-refractivity contribution in [3.05, 3.63) is 64.7 Å². The molecular weight excluding hydrogens is 340 g/mol. The van der Waals surface area contributed by atoms with E-state index in [0.717, 1.165) is 5.56 Å². The van der Waals surface area contributed by atoms with E-state index in [1.807, 2.05) is 0 Å². The minimum atomic E-state index is -0.775. The van der Waals surface area contributed by atoms with Gasteiger partial charge in [0.2, 0.25) is 0 Å². The Morgan fingerprint density at radius 1 is 1.12 bits per heavy atom. The van der Waals surface area contributed by atoms with Gasteiger partial charge in [-0.2, -0.15) is 0 Å². The highest BCUT2D eigenvalue weighted by Crippen LogP contribution is 2.36. The van der Waals surface area contributed by atoms with Gasteiger partial charge in [-0.15, -0.1) is 0 Å². The van der Waals surface area contributed by atoms with Crippen molar-refractivity contribution in [3.63, 3.8) is 0 Å². The number of carbonyl (C=O) groups is 1. The number of aryl methyl sites for hydroxylation is 1. The lowest BCUT2D eigenvalue weighted by atomic mass is 9.85. The molecule has 0 saturated carbocycles. The molecule has 0 saturated heterocycles. The third kappa shape index (κ3) is 4.38. The topological polar surface area (TPSA) is 61.5 Å². The van der Waals surface area contributed by atoms with E-state index in [2.05, 4.69) is 0 Å². The van der Waals surface area contributed by atoms with Crippen molar-refractivity contribution in [1.29, 1.82) is 0 Å². The van der Waals surface area contributed by atoms with Gasteiger partial charge in [0.15, 0.2) is 0 Å². The lowest BCUT2D eigenvalue weighted by molar-refractivity contribution is -0.150. The number of nitrogens with two attached hydrogens (primary N) is 1. The second kappa shape index (κ2) is 8.27. The van der Waals surface area contributed by atoms with E-state index in [1.165, 1.54) is 32.2 Å². The third-order valence-electron chi connectivity index (χ3n) is 4.21. The molecule has 0 aliphatic carbocycles. The molecule has 6 heteroatoms. The normalized spacial score (nSPS) is 14.4. The van der Waals surface area contributed by atoms with Gasteiger partial charge < -0.3 is 15.2 Å². The van der Waals surface area contributed by atoms with Gasteiger partial charge in [0.1, 0.15) is 29.5 Å². The standard InChI is InChI=1S/C20H23F2NO3/c1-11-9-14(5-8-17(11)22)19(13(3)26-20(24)12(2)23)16-7-6-15(21)10-18(16)25-4/h5-10,12-13,19H,23H2,1-4H3/t12-,13-,19+/m0/s1.